The Kier molecular flexibility index (Phi) is 9.70. The van der Waals surface area contributed by atoms with Gasteiger partial charge in [0.1, 0.15) is 5.75 Å². The summed E-state index contributed by atoms with van der Waals surface area (Å²) in [5, 5.41) is 6.47. The molecule has 0 aliphatic rings. The van der Waals surface area contributed by atoms with Crippen LogP contribution in [0, 0.1) is 0 Å². The Morgan fingerprint density at radius 3 is 2.30 bits per heavy atom. The molecule has 0 fully saturated rings. The van der Waals surface area contributed by atoms with Gasteiger partial charge in [0.15, 0.2) is 17.5 Å². The van der Waals surface area contributed by atoms with Crippen LogP contribution in [0.5, 0.6) is 17.2 Å². The van der Waals surface area contributed by atoms with E-state index in [9.17, 15) is 8.78 Å². The second-order valence-corrected chi connectivity index (χ2v) is 6.40. The van der Waals surface area contributed by atoms with Gasteiger partial charge in [-0.1, -0.05) is 18.2 Å². The summed E-state index contributed by atoms with van der Waals surface area (Å²) in [5.74, 6) is 1.85. The molecule has 2 aromatic rings. The van der Waals surface area contributed by atoms with Crippen LogP contribution in [0.4, 0.5) is 8.78 Å². The number of halogens is 2. The van der Waals surface area contributed by atoms with Crippen molar-refractivity contribution >= 4 is 5.96 Å². The van der Waals surface area contributed by atoms with Gasteiger partial charge in [0, 0.05) is 19.6 Å². The minimum Gasteiger partial charge on any atom is -0.497 e. The highest BCUT2D eigenvalue weighted by molar-refractivity contribution is 5.79. The minimum absolute atomic E-state index is 0.0325. The molecule has 0 aromatic heterocycles. The maximum atomic E-state index is 12.6. The van der Waals surface area contributed by atoms with Crippen LogP contribution in [0.1, 0.15) is 18.1 Å². The molecule has 2 N–H and O–H groups in total. The highest BCUT2D eigenvalue weighted by Gasteiger charge is 2.11. The molecule has 0 amide bonds. The number of alkyl halides is 2. The molecule has 0 atom stereocenters. The van der Waals surface area contributed by atoms with E-state index in [0.29, 0.717) is 25.5 Å². The molecule has 164 valence electrons. The van der Waals surface area contributed by atoms with E-state index in [1.165, 1.54) is 12.7 Å². The lowest BCUT2D eigenvalue weighted by molar-refractivity contribution is -0.0512. The fourth-order valence-electron chi connectivity index (χ4n) is 2.82. The first-order valence-electron chi connectivity index (χ1n) is 9.82. The third-order valence-electron chi connectivity index (χ3n) is 4.32. The Labute approximate surface area is 176 Å². The van der Waals surface area contributed by atoms with Gasteiger partial charge in [0.25, 0.3) is 0 Å². The minimum atomic E-state index is -2.90. The molecule has 6 nitrogen and oxygen atoms in total. The summed E-state index contributed by atoms with van der Waals surface area (Å²) in [6.45, 7) is 1.07. The zero-order valence-electron chi connectivity index (χ0n) is 17.6. The summed E-state index contributed by atoms with van der Waals surface area (Å²) >= 11 is 0. The second-order valence-electron chi connectivity index (χ2n) is 6.40. The lowest BCUT2D eigenvalue weighted by atomic mass is 10.1. The maximum absolute atomic E-state index is 12.6. The van der Waals surface area contributed by atoms with Crippen LogP contribution in [0.15, 0.2) is 47.5 Å². The molecule has 0 spiro atoms. The normalized spacial score (nSPS) is 11.3. The average Bonchev–Trinajstić information content (AvgIpc) is 2.74. The standard InChI is InChI=1S/C22H29F2N3O3/c1-4-25-22(26-13-11-16-5-8-18(28-2)9-6-16)27-14-12-17-7-10-19(29-3)20(15-17)30-21(23)24/h5-10,15,21H,4,11-14H2,1-3H3,(H2,25,26,27). The van der Waals surface area contributed by atoms with Crippen molar-refractivity contribution in [1.29, 1.82) is 0 Å². The number of ether oxygens (including phenoxy) is 3. The Morgan fingerprint density at radius 1 is 0.933 bits per heavy atom. The number of guanidine groups is 1. The van der Waals surface area contributed by atoms with Gasteiger partial charge in [-0.15, -0.1) is 0 Å². The molecular weight excluding hydrogens is 392 g/mol. The first kappa shape index (κ1) is 23.3. The van der Waals surface area contributed by atoms with Crippen LogP contribution in [-0.2, 0) is 12.8 Å². The quantitative estimate of drug-likeness (QED) is 0.428. The molecule has 2 rings (SSSR count). The van der Waals surface area contributed by atoms with Crippen molar-refractivity contribution in [2.75, 3.05) is 33.9 Å². The van der Waals surface area contributed by atoms with Crippen molar-refractivity contribution in [2.45, 2.75) is 26.4 Å². The SMILES string of the molecule is CCNC(=NCCc1ccc(OC)cc1)NCCc1ccc(OC)c(OC(F)F)c1. The zero-order chi connectivity index (χ0) is 21.8. The van der Waals surface area contributed by atoms with Crippen LogP contribution in [0.25, 0.3) is 0 Å². The van der Waals surface area contributed by atoms with Gasteiger partial charge >= 0.3 is 6.61 Å². The summed E-state index contributed by atoms with van der Waals surface area (Å²) in [5.41, 5.74) is 2.04. The number of aliphatic imine (C=N–C) groups is 1. The number of rotatable bonds is 11. The molecule has 0 aliphatic heterocycles. The van der Waals surface area contributed by atoms with Crippen molar-refractivity contribution in [2.24, 2.45) is 4.99 Å². The van der Waals surface area contributed by atoms with Crippen LogP contribution in [-0.4, -0.2) is 46.4 Å². The molecule has 0 saturated carbocycles. The smallest absolute Gasteiger partial charge is 0.387 e. The summed E-state index contributed by atoms with van der Waals surface area (Å²) in [4.78, 5) is 4.59. The molecule has 0 unspecified atom stereocenters. The molecule has 0 bridgehead atoms. The van der Waals surface area contributed by atoms with E-state index in [1.54, 1.807) is 19.2 Å². The fraction of sp³-hybridized carbons (Fsp3) is 0.409. The molecular formula is C22H29F2N3O3. The largest absolute Gasteiger partial charge is 0.497 e. The molecule has 0 heterocycles. The van der Waals surface area contributed by atoms with E-state index in [4.69, 9.17) is 9.47 Å². The topological polar surface area (TPSA) is 64.1 Å². The lowest BCUT2D eigenvalue weighted by Gasteiger charge is -2.13. The van der Waals surface area contributed by atoms with E-state index < -0.39 is 6.61 Å². The molecule has 0 aliphatic carbocycles. The number of hydrogen-bond donors (Lipinski definition) is 2. The van der Waals surface area contributed by atoms with Crippen molar-refractivity contribution in [1.82, 2.24) is 10.6 Å². The summed E-state index contributed by atoms with van der Waals surface area (Å²) in [6, 6.07) is 12.9. The van der Waals surface area contributed by atoms with Gasteiger partial charge in [0.05, 0.1) is 14.2 Å². The molecule has 8 heteroatoms. The van der Waals surface area contributed by atoms with Crippen molar-refractivity contribution < 1.29 is 23.0 Å². The predicted molar refractivity (Wildman–Crippen MR) is 114 cm³/mol. The van der Waals surface area contributed by atoms with Gasteiger partial charge in [-0.05, 0) is 55.2 Å². The van der Waals surface area contributed by atoms with Crippen LogP contribution >= 0.6 is 0 Å². The highest BCUT2D eigenvalue weighted by Crippen LogP contribution is 2.29. The van der Waals surface area contributed by atoms with Gasteiger partial charge in [-0.3, -0.25) is 4.99 Å². The highest BCUT2D eigenvalue weighted by atomic mass is 19.3. The molecule has 2 aromatic carbocycles. The van der Waals surface area contributed by atoms with Crippen molar-refractivity contribution in [3.63, 3.8) is 0 Å². The van der Waals surface area contributed by atoms with E-state index in [1.807, 2.05) is 37.3 Å². The second kappa shape index (κ2) is 12.5. The first-order chi connectivity index (χ1) is 14.5. The van der Waals surface area contributed by atoms with E-state index in [-0.39, 0.29) is 11.5 Å². The Morgan fingerprint density at radius 2 is 1.67 bits per heavy atom. The van der Waals surface area contributed by atoms with Crippen molar-refractivity contribution in [3.05, 3.63) is 53.6 Å². The summed E-state index contributed by atoms with van der Waals surface area (Å²) in [7, 11) is 3.06. The zero-order valence-corrected chi connectivity index (χ0v) is 17.6. The number of nitrogens with one attached hydrogen (secondary N) is 2. The van der Waals surface area contributed by atoms with Gasteiger partial charge in [-0.25, -0.2) is 0 Å². The molecule has 30 heavy (non-hydrogen) atoms. The van der Waals surface area contributed by atoms with E-state index >= 15 is 0 Å². The number of benzene rings is 2. The summed E-state index contributed by atoms with van der Waals surface area (Å²) < 4.78 is 39.9. The Balaban J connectivity index is 1.88. The van der Waals surface area contributed by atoms with Gasteiger partial charge in [-0.2, -0.15) is 8.78 Å². The monoisotopic (exact) mass is 421 g/mol. The van der Waals surface area contributed by atoms with Crippen LogP contribution < -0.4 is 24.8 Å². The summed E-state index contributed by atoms with van der Waals surface area (Å²) in [6.07, 6.45) is 1.43. The predicted octanol–water partition coefficient (Wildman–Crippen LogP) is 3.65. The third-order valence-corrected chi connectivity index (χ3v) is 4.32. The number of methoxy groups -OCH3 is 2. The average molecular weight is 421 g/mol. The Bertz CT molecular complexity index is 799. The van der Waals surface area contributed by atoms with E-state index in [2.05, 4.69) is 20.4 Å². The fourth-order valence-corrected chi connectivity index (χ4v) is 2.82. The first-order valence-corrected chi connectivity index (χ1v) is 9.82. The molecule has 0 radical (unpaired) electrons. The lowest BCUT2D eigenvalue weighted by Crippen LogP contribution is -2.38. The number of nitrogens with zero attached hydrogens (tertiary/aromatic N) is 1. The Hall–Kier alpha value is -3.03. The van der Waals surface area contributed by atoms with E-state index in [0.717, 1.165) is 24.3 Å². The third kappa shape index (κ3) is 7.77. The number of hydrogen-bond acceptors (Lipinski definition) is 4. The van der Waals surface area contributed by atoms with Gasteiger partial charge in [0.2, 0.25) is 0 Å². The van der Waals surface area contributed by atoms with Crippen molar-refractivity contribution in [3.8, 4) is 17.2 Å². The van der Waals surface area contributed by atoms with Crippen LogP contribution in [0.2, 0.25) is 0 Å². The molecule has 0 saturated heterocycles. The van der Waals surface area contributed by atoms with Crippen LogP contribution in [0.3, 0.4) is 0 Å². The maximum Gasteiger partial charge on any atom is 0.387 e. The van der Waals surface area contributed by atoms with Gasteiger partial charge < -0.3 is 24.8 Å².